The van der Waals surface area contributed by atoms with Crippen molar-refractivity contribution in [2.24, 2.45) is 0 Å². The molecule has 0 atom stereocenters. The molecule has 0 saturated heterocycles. The lowest BCUT2D eigenvalue weighted by molar-refractivity contribution is 2.46. The van der Waals surface area contributed by atoms with Crippen LogP contribution >= 0.6 is 24.0 Å². The summed E-state index contributed by atoms with van der Waals surface area (Å²) in [5.41, 5.74) is 0. The maximum atomic E-state index is 4.64. The Balaban J connectivity index is -0.00000000500. The van der Waals surface area contributed by atoms with E-state index in [1.807, 2.05) is 0 Å². The van der Waals surface area contributed by atoms with Gasteiger partial charge in [0.2, 0.25) is 0 Å². The molecule has 0 saturated carbocycles. The van der Waals surface area contributed by atoms with Crippen molar-refractivity contribution in [2.45, 2.75) is 7.43 Å². The molecule has 0 aromatic carbocycles. The van der Waals surface area contributed by atoms with Crippen LogP contribution in [0.4, 0.5) is 0 Å². The molecule has 2 heteroatoms. The zero-order valence-corrected chi connectivity index (χ0v) is 3.36. The van der Waals surface area contributed by atoms with E-state index in [0.29, 0.717) is 0 Å². The largest absolute Gasteiger partial charge is 0.147 e. The first-order valence-corrected chi connectivity index (χ1v) is 1.13. The topological polar surface area (TPSA) is 0 Å². The van der Waals surface area contributed by atoms with Crippen molar-refractivity contribution in [3.05, 3.63) is 0 Å². The van der Waals surface area contributed by atoms with Gasteiger partial charge < -0.3 is 0 Å². The van der Waals surface area contributed by atoms with Crippen LogP contribution in [0.25, 0.3) is 0 Å². The first-order chi connectivity index (χ1) is 1.00. The summed E-state index contributed by atoms with van der Waals surface area (Å²) in [5.74, 6) is 0. The molecule has 0 radical (unpaired) electrons. The second kappa shape index (κ2) is 70.8. The maximum Gasteiger partial charge on any atom is 0.0108 e. The summed E-state index contributed by atoms with van der Waals surface area (Å²) in [7, 11) is 0. The highest BCUT2D eigenvalue weighted by Crippen LogP contribution is 1.34. The van der Waals surface area contributed by atoms with E-state index in [1.54, 1.807) is 0 Å². The number of hydrogen-bond acceptors (Lipinski definition) is 0. The molecule has 0 nitrogen and oxygen atoms in total. The molecule has 0 aliphatic rings. The molecule has 0 aliphatic heterocycles. The Kier molecular flexibility index (Phi) is 416. The maximum absolute atomic E-state index is 4.64. The predicted octanol–water partition coefficient (Wildman–Crippen LogP) is 1.91. The van der Waals surface area contributed by atoms with Crippen molar-refractivity contribution >= 4 is 24.0 Å². The molecule has 0 bridgehead atoms. The Morgan fingerprint density at radius 1 is 1.25 bits per heavy atom. The lowest BCUT2D eigenvalue weighted by Crippen LogP contribution is -0.852. The van der Waals surface area contributed by atoms with Crippen LogP contribution in [0.2, 0.25) is 0 Å². The van der Waals surface area contributed by atoms with E-state index < -0.39 is 0 Å². The van der Waals surface area contributed by atoms with Crippen LogP contribution in [0.3, 0.4) is 0 Å². The predicted molar refractivity (Wildman–Crippen MR) is 25.8 cm³/mol. The zero-order valence-electron chi connectivity index (χ0n) is 1.79. The lowest BCUT2D eigenvalue weighted by Gasteiger charge is -1.06. The van der Waals surface area contributed by atoms with Crippen molar-refractivity contribution in [1.82, 2.24) is 0 Å². The molecule has 0 heterocycles. The number of hydrogen-bond donors (Lipinski definition) is 0. The minimum Gasteiger partial charge on any atom is -0.147 e. The third-order valence-electron chi connectivity index (χ3n) is 0. The highest BCUT2D eigenvalue weighted by Gasteiger charge is 0.943. The second-order valence-electron chi connectivity index (χ2n) is 0. The molecular formula is C2H8Cl2. The van der Waals surface area contributed by atoms with E-state index in [1.165, 1.54) is 6.38 Å². The summed E-state index contributed by atoms with van der Waals surface area (Å²) < 4.78 is 0. The van der Waals surface area contributed by atoms with Gasteiger partial charge in [-0.3, -0.25) is 0 Å². The fourth-order valence-electron chi connectivity index (χ4n) is 0. The van der Waals surface area contributed by atoms with Gasteiger partial charge in [0.15, 0.2) is 0 Å². The molecule has 0 aromatic heterocycles. The van der Waals surface area contributed by atoms with Gasteiger partial charge in [0.25, 0.3) is 0 Å². The molecule has 0 fully saturated rings. The average Bonchev–Trinajstić information content (AvgIpc) is 1.00. The summed E-state index contributed by atoms with van der Waals surface area (Å²) >= 11 is 4.64. The minimum atomic E-state index is 0. The van der Waals surface area contributed by atoms with Gasteiger partial charge in [-0.15, -0.1) is 24.0 Å². The van der Waals surface area contributed by atoms with Crippen LogP contribution in [0.1, 0.15) is 7.43 Å². The van der Waals surface area contributed by atoms with Crippen LogP contribution in [-0.4, -0.2) is 6.38 Å². The summed E-state index contributed by atoms with van der Waals surface area (Å²) in [6.07, 6.45) is 1.47. The second-order valence-corrected chi connectivity index (χ2v) is 0. The number of halogens is 2. The number of rotatable bonds is 0. The molecule has 4 heavy (non-hydrogen) atoms. The van der Waals surface area contributed by atoms with E-state index >= 15 is 0 Å². The third kappa shape index (κ3) is 19.1. The summed E-state index contributed by atoms with van der Waals surface area (Å²) in [4.78, 5) is 0. The summed E-state index contributed by atoms with van der Waals surface area (Å²) in [6.45, 7) is 0. The van der Waals surface area contributed by atoms with Crippen molar-refractivity contribution < 1.29 is 0 Å². The monoisotopic (exact) mass is 102 g/mol. The average molecular weight is 103 g/mol. The van der Waals surface area contributed by atoms with Crippen LogP contribution < -0.4 is 0 Å². The molecule has 0 aliphatic carbocycles. The quantitative estimate of drug-likeness (QED) is 0.411. The van der Waals surface area contributed by atoms with Crippen molar-refractivity contribution in [3.8, 4) is 0 Å². The highest BCUT2D eigenvalue weighted by atomic mass is 35.5. The van der Waals surface area contributed by atoms with Gasteiger partial charge >= 0.3 is 0 Å². The molecule has 0 N–H and O–H groups in total. The van der Waals surface area contributed by atoms with E-state index in [-0.39, 0.29) is 19.8 Å². The van der Waals surface area contributed by atoms with Gasteiger partial charge in [-0.25, -0.2) is 0 Å². The van der Waals surface area contributed by atoms with E-state index in [2.05, 4.69) is 11.6 Å². The van der Waals surface area contributed by atoms with Gasteiger partial charge in [0, 0.05) is 6.38 Å². The molecular weight excluding hydrogens is 94.9 g/mol. The van der Waals surface area contributed by atoms with Gasteiger partial charge in [0.05, 0.1) is 0 Å². The van der Waals surface area contributed by atoms with E-state index in [9.17, 15) is 0 Å². The summed E-state index contributed by atoms with van der Waals surface area (Å²) in [6, 6.07) is 0. The normalized spacial score (nSPS) is 1.50. The molecule has 0 spiro atoms. The first kappa shape index (κ1) is 23.5. The molecule has 0 unspecified atom stereocenters. The van der Waals surface area contributed by atoms with Crippen LogP contribution in [-0.2, 0) is 0 Å². The van der Waals surface area contributed by atoms with Crippen molar-refractivity contribution in [1.29, 1.82) is 0 Å². The highest BCUT2D eigenvalue weighted by molar-refractivity contribution is 6.15. The molecule has 30 valence electrons. The number of alkyl halides is 1. The zero-order chi connectivity index (χ0) is 2.00. The fraction of sp³-hybridized carbons (Fsp3) is 1.00. The lowest BCUT2D eigenvalue weighted by atomic mass is 12.0. The SMILES string of the molecule is C.CCl.Cl. The van der Waals surface area contributed by atoms with Crippen LogP contribution in [0.15, 0.2) is 0 Å². The van der Waals surface area contributed by atoms with Crippen molar-refractivity contribution in [2.75, 3.05) is 6.38 Å². The Morgan fingerprint density at radius 2 is 1.25 bits per heavy atom. The Hall–Kier alpha value is 0.580. The first-order valence-electron chi connectivity index (χ1n) is 0.378. The smallest absolute Gasteiger partial charge is 0.0108 e. The van der Waals surface area contributed by atoms with Gasteiger partial charge in [-0.05, 0) is 0 Å². The minimum absolute atomic E-state index is 0. The Morgan fingerprint density at radius 3 is 1.25 bits per heavy atom. The Bertz CT molecular complexity index is 4.00. The van der Waals surface area contributed by atoms with Crippen molar-refractivity contribution in [3.63, 3.8) is 0 Å². The van der Waals surface area contributed by atoms with Crippen LogP contribution in [0, 0.1) is 0 Å². The van der Waals surface area contributed by atoms with E-state index in [4.69, 9.17) is 0 Å². The third-order valence-corrected chi connectivity index (χ3v) is 0. The standard InChI is InChI=1S/CH3Cl.CH4.ClH/c1-2;;/h1H3;1H4;1H. The molecule has 0 amide bonds. The van der Waals surface area contributed by atoms with Gasteiger partial charge in [0.1, 0.15) is 0 Å². The summed E-state index contributed by atoms with van der Waals surface area (Å²) in [5, 5.41) is 0. The fourth-order valence-corrected chi connectivity index (χ4v) is 0. The van der Waals surface area contributed by atoms with Crippen LogP contribution in [0.5, 0.6) is 0 Å². The van der Waals surface area contributed by atoms with Gasteiger partial charge in [-0.1, -0.05) is 7.43 Å². The molecule has 0 aromatic rings. The Labute approximate surface area is 38.6 Å². The van der Waals surface area contributed by atoms with Gasteiger partial charge in [-0.2, -0.15) is 0 Å². The van der Waals surface area contributed by atoms with E-state index in [0.717, 1.165) is 0 Å². The molecule has 0 rings (SSSR count).